The quantitative estimate of drug-likeness (QED) is 0.308. The average molecular weight is 492 g/mol. The maximum absolute atomic E-state index is 13.0. The van der Waals surface area contributed by atoms with Crippen molar-refractivity contribution in [2.24, 2.45) is 0 Å². The Bertz CT molecular complexity index is 1170. The zero-order chi connectivity index (χ0) is 24.9. The molecule has 1 heterocycles. The van der Waals surface area contributed by atoms with E-state index in [-0.39, 0.29) is 12.2 Å². The summed E-state index contributed by atoms with van der Waals surface area (Å²) in [4.78, 5) is 38.3. The van der Waals surface area contributed by atoms with Crippen molar-refractivity contribution < 1.29 is 32.4 Å². The van der Waals surface area contributed by atoms with Crippen LogP contribution in [0.15, 0.2) is 47.4 Å². The second-order valence-corrected chi connectivity index (χ2v) is 9.44. The number of ether oxygens (including phenoxy) is 2. The number of hydrogen-bond acceptors (Lipinski definition) is 9. The summed E-state index contributed by atoms with van der Waals surface area (Å²) in [5, 5.41) is 11.6. The van der Waals surface area contributed by atoms with Gasteiger partial charge >= 0.3 is 5.97 Å². The topological polar surface area (TPSA) is 136 Å². The number of nitro benzene ring substituents is 1. The standard InChI is InChI=1S/C22H25N3O8S/c1-3-33-21(26)15-34(30,31)20-9-4-16(14-19(20)25(28)29)22(27)24-12-10-23(11-13-24)17-5-7-18(32-2)8-6-17/h4-9,14H,3,10-13,15H2,1-2H3. The Labute approximate surface area is 196 Å². The number of nitrogens with zero attached hydrogens (tertiary/aromatic N) is 3. The predicted octanol–water partition coefficient (Wildman–Crippen LogP) is 1.90. The minimum absolute atomic E-state index is 0.000294. The number of piperazine rings is 1. The van der Waals surface area contributed by atoms with Crippen LogP contribution in [-0.2, 0) is 19.4 Å². The number of rotatable bonds is 8. The van der Waals surface area contributed by atoms with Gasteiger partial charge in [-0.15, -0.1) is 0 Å². The molecule has 11 nitrogen and oxygen atoms in total. The summed E-state index contributed by atoms with van der Waals surface area (Å²) in [6.45, 7) is 3.40. The first-order chi connectivity index (χ1) is 16.2. The van der Waals surface area contributed by atoms with Crippen molar-refractivity contribution in [1.29, 1.82) is 0 Å². The molecule has 0 aromatic heterocycles. The number of methoxy groups -OCH3 is 1. The van der Waals surface area contributed by atoms with E-state index in [9.17, 15) is 28.1 Å². The molecule has 0 atom stereocenters. The monoisotopic (exact) mass is 491 g/mol. The first-order valence-corrected chi connectivity index (χ1v) is 12.2. The van der Waals surface area contributed by atoms with Gasteiger partial charge in [0.25, 0.3) is 11.6 Å². The second kappa shape index (κ2) is 10.5. The highest BCUT2D eigenvalue weighted by Gasteiger charge is 2.31. The minimum Gasteiger partial charge on any atom is -0.497 e. The van der Waals surface area contributed by atoms with E-state index in [1.807, 2.05) is 24.3 Å². The smallest absolute Gasteiger partial charge is 0.321 e. The van der Waals surface area contributed by atoms with Gasteiger partial charge in [0, 0.05) is 43.5 Å². The Hall–Kier alpha value is -3.67. The van der Waals surface area contributed by atoms with E-state index in [1.54, 1.807) is 12.0 Å². The summed E-state index contributed by atoms with van der Waals surface area (Å²) in [5.74, 6) is -1.73. The molecular weight excluding hydrogens is 466 g/mol. The van der Waals surface area contributed by atoms with Crippen LogP contribution >= 0.6 is 0 Å². The van der Waals surface area contributed by atoms with Gasteiger partial charge in [0.15, 0.2) is 15.6 Å². The normalized spacial score (nSPS) is 13.9. The summed E-state index contributed by atoms with van der Waals surface area (Å²) in [7, 11) is -2.74. The highest BCUT2D eigenvalue weighted by molar-refractivity contribution is 7.92. The number of hydrogen-bond donors (Lipinski definition) is 0. The third kappa shape index (κ3) is 5.63. The van der Waals surface area contributed by atoms with Crippen molar-refractivity contribution in [2.45, 2.75) is 11.8 Å². The van der Waals surface area contributed by atoms with Gasteiger partial charge in [0.1, 0.15) is 10.6 Å². The molecule has 3 rings (SSSR count). The van der Waals surface area contributed by atoms with E-state index < -0.39 is 43.0 Å². The molecule has 34 heavy (non-hydrogen) atoms. The fraction of sp³-hybridized carbons (Fsp3) is 0.364. The zero-order valence-corrected chi connectivity index (χ0v) is 19.6. The first kappa shape index (κ1) is 25.0. The van der Waals surface area contributed by atoms with Gasteiger partial charge in [0.05, 0.1) is 18.6 Å². The zero-order valence-electron chi connectivity index (χ0n) is 18.8. The highest BCUT2D eigenvalue weighted by atomic mass is 32.2. The number of benzene rings is 2. The van der Waals surface area contributed by atoms with E-state index in [4.69, 9.17) is 4.74 Å². The lowest BCUT2D eigenvalue weighted by Crippen LogP contribution is -2.48. The molecule has 0 aliphatic carbocycles. The van der Waals surface area contributed by atoms with Crippen LogP contribution in [0.1, 0.15) is 17.3 Å². The Morgan fingerprint density at radius 3 is 2.26 bits per heavy atom. The van der Waals surface area contributed by atoms with E-state index in [0.717, 1.165) is 23.6 Å². The summed E-state index contributed by atoms with van der Waals surface area (Å²) in [6.07, 6.45) is 0. The Morgan fingerprint density at radius 2 is 1.71 bits per heavy atom. The molecule has 0 unspecified atom stereocenters. The first-order valence-electron chi connectivity index (χ1n) is 10.5. The molecule has 1 amide bonds. The summed E-state index contributed by atoms with van der Waals surface area (Å²) in [6, 6.07) is 10.7. The van der Waals surface area contributed by atoms with Crippen LogP contribution < -0.4 is 9.64 Å². The number of carbonyl (C=O) groups excluding carboxylic acids is 2. The molecular formula is C22H25N3O8S. The van der Waals surface area contributed by atoms with Crippen LogP contribution in [-0.4, -0.2) is 75.8 Å². The maximum Gasteiger partial charge on any atom is 0.321 e. The molecule has 1 saturated heterocycles. The Morgan fingerprint density at radius 1 is 1.06 bits per heavy atom. The Kier molecular flexibility index (Phi) is 7.72. The highest BCUT2D eigenvalue weighted by Crippen LogP contribution is 2.27. The molecule has 182 valence electrons. The van der Waals surface area contributed by atoms with E-state index in [1.165, 1.54) is 13.0 Å². The van der Waals surface area contributed by atoms with Crippen molar-refractivity contribution in [3.63, 3.8) is 0 Å². The number of carbonyl (C=O) groups is 2. The lowest BCUT2D eigenvalue weighted by molar-refractivity contribution is -0.387. The number of amides is 1. The van der Waals surface area contributed by atoms with Crippen molar-refractivity contribution in [2.75, 3.05) is 50.5 Å². The molecule has 0 bridgehead atoms. The third-order valence-corrected chi connectivity index (χ3v) is 6.99. The van der Waals surface area contributed by atoms with E-state index in [2.05, 4.69) is 9.64 Å². The number of anilines is 1. The minimum atomic E-state index is -4.32. The van der Waals surface area contributed by atoms with Crippen LogP contribution in [0, 0.1) is 10.1 Å². The largest absolute Gasteiger partial charge is 0.497 e. The molecule has 1 fully saturated rings. The van der Waals surface area contributed by atoms with Crippen LogP contribution in [0.4, 0.5) is 11.4 Å². The maximum atomic E-state index is 13.0. The lowest BCUT2D eigenvalue weighted by atomic mass is 10.1. The summed E-state index contributed by atoms with van der Waals surface area (Å²) >= 11 is 0. The number of nitro groups is 1. The van der Waals surface area contributed by atoms with Gasteiger partial charge in [-0.1, -0.05) is 0 Å². The van der Waals surface area contributed by atoms with Crippen LogP contribution in [0.5, 0.6) is 5.75 Å². The Balaban J connectivity index is 1.74. The van der Waals surface area contributed by atoms with Crippen molar-refractivity contribution in [3.8, 4) is 5.75 Å². The fourth-order valence-corrected chi connectivity index (χ4v) is 4.91. The van der Waals surface area contributed by atoms with Gasteiger partial charge < -0.3 is 19.3 Å². The molecule has 2 aromatic carbocycles. The summed E-state index contributed by atoms with van der Waals surface area (Å²) in [5.41, 5.74) is 0.228. The lowest BCUT2D eigenvalue weighted by Gasteiger charge is -2.36. The van der Waals surface area contributed by atoms with Crippen molar-refractivity contribution in [1.82, 2.24) is 4.90 Å². The molecule has 1 aliphatic heterocycles. The van der Waals surface area contributed by atoms with Gasteiger partial charge in [-0.3, -0.25) is 19.7 Å². The molecule has 1 aliphatic rings. The van der Waals surface area contributed by atoms with Crippen molar-refractivity contribution in [3.05, 3.63) is 58.1 Å². The van der Waals surface area contributed by atoms with Gasteiger partial charge in [0.2, 0.25) is 0 Å². The summed E-state index contributed by atoms with van der Waals surface area (Å²) < 4.78 is 34.8. The average Bonchev–Trinajstić information content (AvgIpc) is 2.83. The molecule has 2 aromatic rings. The predicted molar refractivity (Wildman–Crippen MR) is 123 cm³/mol. The molecule has 12 heteroatoms. The fourth-order valence-electron chi connectivity index (χ4n) is 3.63. The number of sulfone groups is 1. The van der Waals surface area contributed by atoms with Gasteiger partial charge in [-0.25, -0.2) is 8.42 Å². The van der Waals surface area contributed by atoms with Crippen LogP contribution in [0.25, 0.3) is 0 Å². The van der Waals surface area contributed by atoms with Crippen LogP contribution in [0.3, 0.4) is 0 Å². The van der Waals surface area contributed by atoms with Crippen LogP contribution in [0.2, 0.25) is 0 Å². The van der Waals surface area contributed by atoms with Gasteiger partial charge in [-0.2, -0.15) is 0 Å². The molecule has 0 spiro atoms. The SMILES string of the molecule is CCOC(=O)CS(=O)(=O)c1ccc(C(=O)N2CCN(c3ccc(OC)cc3)CC2)cc1[N+](=O)[O-]. The molecule has 0 N–H and O–H groups in total. The third-order valence-electron chi connectivity index (χ3n) is 5.36. The molecule has 0 radical (unpaired) electrons. The van der Waals surface area contributed by atoms with E-state index in [0.29, 0.717) is 26.2 Å². The number of esters is 1. The molecule has 0 saturated carbocycles. The van der Waals surface area contributed by atoms with Crippen molar-refractivity contribution >= 4 is 33.1 Å². The van der Waals surface area contributed by atoms with E-state index >= 15 is 0 Å². The second-order valence-electron chi connectivity index (χ2n) is 7.48. The van der Waals surface area contributed by atoms with Gasteiger partial charge in [-0.05, 0) is 43.3 Å².